The van der Waals surface area contributed by atoms with Gasteiger partial charge in [0.15, 0.2) is 0 Å². The summed E-state index contributed by atoms with van der Waals surface area (Å²) in [4.78, 5) is 17.1. The van der Waals surface area contributed by atoms with Gasteiger partial charge in [0.25, 0.3) is 0 Å². The average Bonchev–Trinajstić information content (AvgIpc) is 3.18. The van der Waals surface area contributed by atoms with E-state index in [2.05, 4.69) is 9.62 Å². The monoisotopic (exact) mass is 393 g/mol. The van der Waals surface area contributed by atoms with Crippen LogP contribution in [0.4, 0.5) is 0 Å². The third-order valence-electron chi connectivity index (χ3n) is 5.77. The molecule has 150 valence electrons. The molecule has 2 aliphatic rings. The van der Waals surface area contributed by atoms with E-state index >= 15 is 0 Å². The molecule has 1 amide bonds. The van der Waals surface area contributed by atoms with Crippen molar-refractivity contribution in [3.8, 4) is 0 Å². The van der Waals surface area contributed by atoms with Crippen molar-refractivity contribution in [2.45, 2.75) is 56.9 Å². The summed E-state index contributed by atoms with van der Waals surface area (Å²) in [6.45, 7) is 7.15. The number of nitrogens with one attached hydrogen (secondary N) is 1. The Balaban J connectivity index is 1.46. The molecule has 0 bridgehead atoms. The summed E-state index contributed by atoms with van der Waals surface area (Å²) in [5.74, 6) is 0.0322. The molecular formula is C20H31N3O3S. The number of amides is 1. The molecule has 0 radical (unpaired) electrons. The number of aryl methyl sites for hydroxylation is 2. The van der Waals surface area contributed by atoms with E-state index < -0.39 is 10.0 Å². The van der Waals surface area contributed by atoms with Crippen molar-refractivity contribution in [3.05, 3.63) is 29.3 Å². The molecule has 0 atom stereocenters. The van der Waals surface area contributed by atoms with Gasteiger partial charge < -0.3 is 4.90 Å². The minimum absolute atomic E-state index is 0.0322. The number of piperazine rings is 1. The van der Waals surface area contributed by atoms with Crippen LogP contribution in [0.1, 0.15) is 43.2 Å². The highest BCUT2D eigenvalue weighted by Crippen LogP contribution is 2.24. The summed E-state index contributed by atoms with van der Waals surface area (Å²) in [5.41, 5.74) is 1.61. The fourth-order valence-corrected chi connectivity index (χ4v) is 5.49. The SMILES string of the molecule is Cc1ccc(C)c(S(=O)(=O)NCCC(=O)N2CCN(C3CCCC3)CC2)c1. The van der Waals surface area contributed by atoms with E-state index in [1.54, 1.807) is 19.1 Å². The quantitative estimate of drug-likeness (QED) is 0.803. The largest absolute Gasteiger partial charge is 0.340 e. The van der Waals surface area contributed by atoms with Gasteiger partial charge in [0.1, 0.15) is 0 Å². The predicted molar refractivity (Wildman–Crippen MR) is 106 cm³/mol. The van der Waals surface area contributed by atoms with E-state index in [0.717, 1.165) is 31.7 Å². The van der Waals surface area contributed by atoms with Crippen LogP contribution in [0.5, 0.6) is 0 Å². The van der Waals surface area contributed by atoms with Crippen molar-refractivity contribution in [1.29, 1.82) is 0 Å². The number of hydrogen-bond donors (Lipinski definition) is 1. The van der Waals surface area contributed by atoms with Gasteiger partial charge in [0.05, 0.1) is 4.90 Å². The average molecular weight is 394 g/mol. The summed E-state index contributed by atoms with van der Waals surface area (Å²) in [6.07, 6.45) is 5.42. The van der Waals surface area contributed by atoms with Gasteiger partial charge in [0, 0.05) is 45.2 Å². The van der Waals surface area contributed by atoms with Crippen LogP contribution in [0.15, 0.2) is 23.1 Å². The molecule has 1 N–H and O–H groups in total. The van der Waals surface area contributed by atoms with Crippen LogP contribution in [0.25, 0.3) is 0 Å². The zero-order valence-electron chi connectivity index (χ0n) is 16.4. The van der Waals surface area contributed by atoms with Crippen LogP contribution in [-0.4, -0.2) is 62.9 Å². The molecule has 1 saturated heterocycles. The van der Waals surface area contributed by atoms with Gasteiger partial charge in [-0.1, -0.05) is 25.0 Å². The molecule has 7 heteroatoms. The lowest BCUT2D eigenvalue weighted by molar-refractivity contribution is -0.133. The van der Waals surface area contributed by atoms with Crippen LogP contribution in [0.2, 0.25) is 0 Å². The van der Waals surface area contributed by atoms with Crippen LogP contribution < -0.4 is 4.72 Å². The van der Waals surface area contributed by atoms with Crippen molar-refractivity contribution in [2.75, 3.05) is 32.7 Å². The van der Waals surface area contributed by atoms with Crippen molar-refractivity contribution >= 4 is 15.9 Å². The van der Waals surface area contributed by atoms with E-state index in [1.807, 2.05) is 17.9 Å². The zero-order chi connectivity index (χ0) is 19.4. The van der Waals surface area contributed by atoms with Crippen molar-refractivity contribution in [2.24, 2.45) is 0 Å². The Morgan fingerprint density at radius 2 is 1.78 bits per heavy atom. The van der Waals surface area contributed by atoms with Gasteiger partial charge in [0.2, 0.25) is 15.9 Å². The van der Waals surface area contributed by atoms with Crippen molar-refractivity contribution in [3.63, 3.8) is 0 Å². The van der Waals surface area contributed by atoms with Crippen LogP contribution in [0.3, 0.4) is 0 Å². The fraction of sp³-hybridized carbons (Fsp3) is 0.650. The van der Waals surface area contributed by atoms with Gasteiger partial charge >= 0.3 is 0 Å². The molecule has 1 aromatic carbocycles. The highest BCUT2D eigenvalue weighted by Gasteiger charge is 2.27. The third-order valence-corrected chi connectivity index (χ3v) is 7.38. The number of sulfonamides is 1. The van der Waals surface area contributed by atoms with Gasteiger partial charge in [-0.15, -0.1) is 0 Å². The Morgan fingerprint density at radius 1 is 1.11 bits per heavy atom. The third kappa shape index (κ3) is 5.09. The van der Waals surface area contributed by atoms with Crippen molar-refractivity contribution in [1.82, 2.24) is 14.5 Å². The van der Waals surface area contributed by atoms with Gasteiger partial charge in [-0.2, -0.15) is 0 Å². The number of rotatable bonds is 6. The van der Waals surface area contributed by atoms with E-state index in [4.69, 9.17) is 0 Å². The second kappa shape index (κ2) is 8.71. The lowest BCUT2D eigenvalue weighted by atomic mass is 10.1. The van der Waals surface area contributed by atoms with Gasteiger partial charge in [-0.3, -0.25) is 9.69 Å². The van der Waals surface area contributed by atoms with E-state index in [-0.39, 0.29) is 18.9 Å². The maximum atomic E-state index is 12.5. The van der Waals surface area contributed by atoms with E-state index in [9.17, 15) is 13.2 Å². The zero-order valence-corrected chi connectivity index (χ0v) is 17.2. The Morgan fingerprint density at radius 3 is 2.44 bits per heavy atom. The molecule has 1 heterocycles. The van der Waals surface area contributed by atoms with Crippen LogP contribution in [-0.2, 0) is 14.8 Å². The van der Waals surface area contributed by atoms with Gasteiger partial charge in [-0.05, 0) is 43.9 Å². The van der Waals surface area contributed by atoms with Crippen LogP contribution >= 0.6 is 0 Å². The normalized spacial score (nSPS) is 19.6. The second-order valence-corrected chi connectivity index (χ2v) is 9.51. The van der Waals surface area contributed by atoms with Crippen LogP contribution in [0, 0.1) is 13.8 Å². The predicted octanol–water partition coefficient (Wildman–Crippen LogP) is 2.06. The molecule has 0 unspecified atom stereocenters. The first-order valence-corrected chi connectivity index (χ1v) is 11.4. The maximum absolute atomic E-state index is 12.5. The molecule has 1 aliphatic carbocycles. The first-order chi connectivity index (χ1) is 12.9. The molecule has 2 fully saturated rings. The summed E-state index contributed by atoms with van der Waals surface area (Å²) in [7, 11) is -3.59. The molecule has 1 aliphatic heterocycles. The number of benzene rings is 1. The lowest BCUT2D eigenvalue weighted by Crippen LogP contribution is -2.51. The topological polar surface area (TPSA) is 69.7 Å². The molecule has 27 heavy (non-hydrogen) atoms. The number of carbonyl (C=O) groups excluding carboxylic acids is 1. The fourth-order valence-electron chi connectivity index (χ4n) is 4.13. The summed E-state index contributed by atoms with van der Waals surface area (Å²) in [6, 6.07) is 6.07. The Kier molecular flexibility index (Phi) is 6.55. The Labute approximate surface area is 163 Å². The standard InChI is InChI=1S/C20H31N3O3S/c1-16-7-8-17(2)19(15-16)27(25,26)21-10-9-20(24)23-13-11-22(12-14-23)18-5-3-4-6-18/h7-8,15,18,21H,3-6,9-14H2,1-2H3. The maximum Gasteiger partial charge on any atom is 0.240 e. The molecule has 3 rings (SSSR count). The molecule has 0 aromatic heterocycles. The van der Waals surface area contributed by atoms with Crippen molar-refractivity contribution < 1.29 is 13.2 Å². The first kappa shape index (κ1) is 20.3. The molecule has 1 saturated carbocycles. The summed E-state index contributed by atoms with van der Waals surface area (Å²) < 4.78 is 27.6. The summed E-state index contributed by atoms with van der Waals surface area (Å²) >= 11 is 0. The number of nitrogens with zero attached hydrogens (tertiary/aromatic N) is 2. The number of hydrogen-bond acceptors (Lipinski definition) is 4. The highest BCUT2D eigenvalue weighted by atomic mass is 32.2. The number of carbonyl (C=O) groups is 1. The van der Waals surface area contributed by atoms with E-state index in [1.165, 1.54) is 25.7 Å². The smallest absolute Gasteiger partial charge is 0.240 e. The first-order valence-electron chi connectivity index (χ1n) is 9.95. The van der Waals surface area contributed by atoms with E-state index in [0.29, 0.717) is 16.5 Å². The lowest BCUT2D eigenvalue weighted by Gasteiger charge is -2.38. The minimum atomic E-state index is -3.59. The molecule has 0 spiro atoms. The second-order valence-electron chi connectivity index (χ2n) is 7.77. The molecular weight excluding hydrogens is 362 g/mol. The van der Waals surface area contributed by atoms with Gasteiger partial charge in [-0.25, -0.2) is 13.1 Å². The summed E-state index contributed by atoms with van der Waals surface area (Å²) in [5, 5.41) is 0. The Bertz CT molecular complexity index is 765. The molecule has 1 aromatic rings. The Hall–Kier alpha value is -1.44. The highest BCUT2D eigenvalue weighted by molar-refractivity contribution is 7.89. The molecule has 6 nitrogen and oxygen atoms in total. The minimum Gasteiger partial charge on any atom is -0.340 e.